The normalized spacial score (nSPS) is 18.4. The Morgan fingerprint density at radius 2 is 1.63 bits per heavy atom. The van der Waals surface area contributed by atoms with Gasteiger partial charge in [0, 0.05) is 12.1 Å². The number of likely N-dealkylation sites (tertiary alicyclic amines) is 1. The van der Waals surface area contributed by atoms with Crippen molar-refractivity contribution in [3.63, 3.8) is 0 Å². The van der Waals surface area contributed by atoms with E-state index < -0.39 is 17.7 Å². The van der Waals surface area contributed by atoms with Gasteiger partial charge < -0.3 is 10.0 Å². The Bertz CT molecular complexity index is 939. The van der Waals surface area contributed by atoms with Crippen molar-refractivity contribution >= 4 is 17.4 Å². The van der Waals surface area contributed by atoms with Gasteiger partial charge in [-0.25, -0.2) is 0 Å². The van der Waals surface area contributed by atoms with Gasteiger partial charge in [0.1, 0.15) is 5.76 Å². The molecule has 1 aliphatic heterocycles. The molecule has 2 aromatic rings. The third kappa shape index (κ3) is 4.18. The summed E-state index contributed by atoms with van der Waals surface area (Å²) in [7, 11) is 0. The van der Waals surface area contributed by atoms with Crippen LogP contribution in [-0.2, 0) is 16.0 Å². The quantitative estimate of drug-likeness (QED) is 0.371. The van der Waals surface area contributed by atoms with Crippen molar-refractivity contribution in [2.45, 2.75) is 58.9 Å². The number of carbonyl (C=O) groups is 2. The molecule has 3 rings (SSSR count). The number of nitrogens with zero attached hydrogens (tertiary/aromatic N) is 1. The van der Waals surface area contributed by atoms with Gasteiger partial charge in [0.05, 0.1) is 11.6 Å². The highest BCUT2D eigenvalue weighted by molar-refractivity contribution is 6.46. The molecule has 4 nitrogen and oxygen atoms in total. The first-order chi connectivity index (χ1) is 14.4. The molecule has 1 aliphatic rings. The second kappa shape index (κ2) is 9.29. The maximum atomic E-state index is 13.0. The number of Topliss-reactive ketones (excluding diaryl/α,β-unsaturated/α-hetero) is 1. The highest BCUT2D eigenvalue weighted by Crippen LogP contribution is 2.39. The highest BCUT2D eigenvalue weighted by atomic mass is 16.3. The first-order valence-electron chi connectivity index (χ1n) is 10.9. The molecule has 0 spiro atoms. The molecule has 4 heteroatoms. The Labute approximate surface area is 179 Å². The summed E-state index contributed by atoms with van der Waals surface area (Å²) in [6.45, 7) is 8.86. The molecule has 1 atom stereocenters. The first kappa shape index (κ1) is 21.8. The standard InChI is InChI=1S/C26H31NO3/c1-5-7-16-27-23(20-14-12-19(13-15-20)17(3)4)22(25(29)26(27)30)24(28)21-10-8-18(6-2)9-11-21/h8-15,17,23,28H,5-7,16H2,1-4H3/b24-22-. The van der Waals surface area contributed by atoms with Crippen LogP contribution in [0.15, 0.2) is 54.1 Å². The number of aliphatic hydroxyl groups is 1. The number of carbonyl (C=O) groups excluding carboxylic acids is 2. The largest absolute Gasteiger partial charge is 0.507 e. The van der Waals surface area contributed by atoms with E-state index in [4.69, 9.17) is 0 Å². The summed E-state index contributed by atoms with van der Waals surface area (Å²) < 4.78 is 0. The van der Waals surface area contributed by atoms with Crippen LogP contribution < -0.4 is 0 Å². The van der Waals surface area contributed by atoms with Crippen molar-refractivity contribution in [1.29, 1.82) is 0 Å². The van der Waals surface area contributed by atoms with Crippen LogP contribution in [0, 0.1) is 0 Å². The number of aliphatic hydroxyl groups excluding tert-OH is 1. The summed E-state index contributed by atoms with van der Waals surface area (Å²) in [5, 5.41) is 11.1. The van der Waals surface area contributed by atoms with E-state index in [-0.39, 0.29) is 11.3 Å². The molecule has 0 saturated carbocycles. The van der Waals surface area contributed by atoms with Gasteiger partial charge in [0.2, 0.25) is 0 Å². The molecule has 1 saturated heterocycles. The van der Waals surface area contributed by atoms with Crippen molar-refractivity contribution in [3.05, 3.63) is 76.4 Å². The molecule has 1 heterocycles. The van der Waals surface area contributed by atoms with Gasteiger partial charge in [0.25, 0.3) is 11.7 Å². The highest BCUT2D eigenvalue weighted by Gasteiger charge is 2.45. The number of benzene rings is 2. The van der Waals surface area contributed by atoms with Gasteiger partial charge in [-0.15, -0.1) is 0 Å². The number of hydrogen-bond donors (Lipinski definition) is 1. The zero-order valence-corrected chi connectivity index (χ0v) is 18.3. The number of amides is 1. The van der Waals surface area contributed by atoms with E-state index in [0.717, 1.165) is 30.4 Å². The number of ketones is 1. The van der Waals surface area contributed by atoms with Crippen molar-refractivity contribution in [1.82, 2.24) is 4.90 Å². The third-order valence-corrected chi connectivity index (χ3v) is 5.85. The predicted octanol–water partition coefficient (Wildman–Crippen LogP) is 5.59. The van der Waals surface area contributed by atoms with Crippen LogP contribution in [-0.4, -0.2) is 28.2 Å². The maximum Gasteiger partial charge on any atom is 0.295 e. The van der Waals surface area contributed by atoms with Crippen LogP contribution >= 0.6 is 0 Å². The summed E-state index contributed by atoms with van der Waals surface area (Å²) in [5.41, 5.74) is 3.93. The minimum atomic E-state index is -0.610. The first-order valence-corrected chi connectivity index (χ1v) is 10.9. The molecule has 2 aromatic carbocycles. The maximum absolute atomic E-state index is 13.0. The summed E-state index contributed by atoms with van der Waals surface area (Å²) in [4.78, 5) is 27.4. The molecule has 0 bridgehead atoms. The van der Waals surface area contributed by atoms with Crippen molar-refractivity contribution in [2.24, 2.45) is 0 Å². The number of aryl methyl sites for hydroxylation is 1. The second-order valence-electron chi connectivity index (χ2n) is 8.22. The van der Waals surface area contributed by atoms with Crippen LogP contribution in [0.5, 0.6) is 0 Å². The molecular weight excluding hydrogens is 374 g/mol. The van der Waals surface area contributed by atoms with E-state index in [0.29, 0.717) is 18.0 Å². The molecule has 1 N–H and O–H groups in total. The van der Waals surface area contributed by atoms with Crippen LogP contribution in [0.3, 0.4) is 0 Å². The number of hydrogen-bond acceptors (Lipinski definition) is 3. The van der Waals surface area contributed by atoms with Crippen molar-refractivity contribution in [2.75, 3.05) is 6.54 Å². The lowest BCUT2D eigenvalue weighted by Gasteiger charge is -2.25. The molecule has 1 unspecified atom stereocenters. The summed E-state index contributed by atoms with van der Waals surface area (Å²) in [5.74, 6) is -0.857. The van der Waals surface area contributed by atoms with E-state index >= 15 is 0 Å². The van der Waals surface area contributed by atoms with E-state index in [9.17, 15) is 14.7 Å². The fraction of sp³-hybridized carbons (Fsp3) is 0.385. The van der Waals surface area contributed by atoms with Crippen molar-refractivity contribution in [3.8, 4) is 0 Å². The fourth-order valence-electron chi connectivity index (χ4n) is 3.90. The molecule has 1 amide bonds. The Kier molecular flexibility index (Phi) is 6.76. The SMILES string of the molecule is CCCCN1C(=O)C(=O)/C(=C(\O)c2ccc(CC)cc2)C1c1ccc(C(C)C)cc1. The van der Waals surface area contributed by atoms with E-state index in [2.05, 4.69) is 27.7 Å². The topological polar surface area (TPSA) is 57.6 Å². The van der Waals surface area contributed by atoms with Gasteiger partial charge in [0.15, 0.2) is 0 Å². The number of rotatable bonds is 7. The van der Waals surface area contributed by atoms with Crippen LogP contribution in [0.25, 0.3) is 5.76 Å². The Hall–Kier alpha value is -2.88. The van der Waals surface area contributed by atoms with Gasteiger partial charge in [-0.05, 0) is 35.4 Å². The summed E-state index contributed by atoms with van der Waals surface area (Å²) in [6, 6.07) is 15.0. The lowest BCUT2D eigenvalue weighted by molar-refractivity contribution is -0.139. The monoisotopic (exact) mass is 405 g/mol. The molecule has 0 radical (unpaired) electrons. The van der Waals surface area contributed by atoms with Crippen LogP contribution in [0.1, 0.15) is 74.8 Å². The molecular formula is C26H31NO3. The molecule has 0 aliphatic carbocycles. The smallest absolute Gasteiger partial charge is 0.295 e. The lowest BCUT2D eigenvalue weighted by atomic mass is 9.93. The predicted molar refractivity (Wildman–Crippen MR) is 120 cm³/mol. The van der Waals surface area contributed by atoms with Crippen LogP contribution in [0.2, 0.25) is 0 Å². The van der Waals surface area contributed by atoms with E-state index in [1.807, 2.05) is 48.5 Å². The van der Waals surface area contributed by atoms with Gasteiger partial charge >= 0.3 is 0 Å². The van der Waals surface area contributed by atoms with Gasteiger partial charge in [-0.3, -0.25) is 9.59 Å². The minimum absolute atomic E-state index is 0.104. The second-order valence-corrected chi connectivity index (χ2v) is 8.22. The van der Waals surface area contributed by atoms with E-state index in [1.54, 1.807) is 4.90 Å². The Balaban J connectivity index is 2.11. The summed E-state index contributed by atoms with van der Waals surface area (Å²) in [6.07, 6.45) is 2.62. The zero-order chi connectivity index (χ0) is 21.8. The van der Waals surface area contributed by atoms with Crippen molar-refractivity contribution < 1.29 is 14.7 Å². The average molecular weight is 406 g/mol. The number of unbranched alkanes of at least 4 members (excludes halogenated alkanes) is 1. The van der Waals surface area contributed by atoms with E-state index in [1.165, 1.54) is 5.56 Å². The van der Waals surface area contributed by atoms with Crippen LogP contribution in [0.4, 0.5) is 0 Å². The average Bonchev–Trinajstić information content (AvgIpc) is 3.02. The fourth-order valence-corrected chi connectivity index (χ4v) is 3.90. The zero-order valence-electron chi connectivity index (χ0n) is 18.3. The molecule has 1 fully saturated rings. The molecule has 30 heavy (non-hydrogen) atoms. The molecule has 158 valence electrons. The van der Waals surface area contributed by atoms with Gasteiger partial charge in [-0.2, -0.15) is 0 Å². The van der Waals surface area contributed by atoms with Gasteiger partial charge in [-0.1, -0.05) is 82.6 Å². The minimum Gasteiger partial charge on any atom is -0.507 e. The third-order valence-electron chi connectivity index (χ3n) is 5.85. The Morgan fingerprint density at radius 3 is 2.17 bits per heavy atom. The lowest BCUT2D eigenvalue weighted by Crippen LogP contribution is -2.30. The summed E-state index contributed by atoms with van der Waals surface area (Å²) >= 11 is 0. The Morgan fingerprint density at radius 1 is 1.00 bits per heavy atom. The molecule has 0 aromatic heterocycles.